The van der Waals surface area contributed by atoms with E-state index in [1.807, 2.05) is 0 Å². The molecule has 1 heterocycles. The van der Waals surface area contributed by atoms with E-state index in [0.29, 0.717) is 13.0 Å². The highest BCUT2D eigenvalue weighted by Gasteiger charge is 2.26. The standard InChI is InChI=1S/C11H20N2O3S.ClH/c14-11(7-12-6-9-3-4-9)13-10-2-1-5-17(15,16)8-10;/h9-10,12H,1-8H2,(H,13,14);1H. The van der Waals surface area contributed by atoms with Crippen LogP contribution < -0.4 is 10.6 Å². The van der Waals surface area contributed by atoms with Crippen LogP contribution in [0.1, 0.15) is 25.7 Å². The zero-order chi connectivity index (χ0) is 12.3. The number of carbonyl (C=O) groups is 1. The molecule has 1 atom stereocenters. The predicted molar refractivity (Wildman–Crippen MR) is 72.7 cm³/mol. The van der Waals surface area contributed by atoms with Crippen LogP contribution in [-0.2, 0) is 14.6 Å². The van der Waals surface area contributed by atoms with E-state index in [-0.39, 0.29) is 35.9 Å². The number of amides is 1. The Hall–Kier alpha value is -0.330. The molecular weight excluding hydrogens is 276 g/mol. The van der Waals surface area contributed by atoms with Gasteiger partial charge in [0.05, 0.1) is 18.1 Å². The van der Waals surface area contributed by atoms with E-state index in [9.17, 15) is 13.2 Å². The fourth-order valence-electron chi connectivity index (χ4n) is 2.13. The van der Waals surface area contributed by atoms with Gasteiger partial charge < -0.3 is 10.6 Å². The summed E-state index contributed by atoms with van der Waals surface area (Å²) >= 11 is 0. The van der Waals surface area contributed by atoms with E-state index in [2.05, 4.69) is 10.6 Å². The summed E-state index contributed by atoms with van der Waals surface area (Å²) in [6.45, 7) is 1.20. The van der Waals surface area contributed by atoms with Gasteiger partial charge in [-0.15, -0.1) is 12.4 Å². The van der Waals surface area contributed by atoms with Gasteiger partial charge in [-0.1, -0.05) is 0 Å². The first-order valence-corrected chi connectivity index (χ1v) is 8.08. The predicted octanol–water partition coefficient (Wildman–Crippen LogP) is 0.101. The minimum absolute atomic E-state index is 0. The van der Waals surface area contributed by atoms with Crippen LogP contribution in [-0.4, -0.2) is 45.0 Å². The smallest absolute Gasteiger partial charge is 0.234 e. The van der Waals surface area contributed by atoms with Gasteiger partial charge in [0, 0.05) is 6.04 Å². The summed E-state index contributed by atoms with van der Waals surface area (Å²) in [5.74, 6) is 1.02. The van der Waals surface area contributed by atoms with Crippen molar-refractivity contribution in [2.45, 2.75) is 31.7 Å². The lowest BCUT2D eigenvalue weighted by Gasteiger charge is -2.23. The summed E-state index contributed by atoms with van der Waals surface area (Å²) in [4.78, 5) is 11.6. The quantitative estimate of drug-likeness (QED) is 0.755. The Bertz CT molecular complexity index is 382. The first kappa shape index (κ1) is 15.7. The number of nitrogens with one attached hydrogen (secondary N) is 2. The van der Waals surface area contributed by atoms with Gasteiger partial charge in [0.1, 0.15) is 0 Å². The molecule has 1 aliphatic carbocycles. The minimum atomic E-state index is -2.94. The van der Waals surface area contributed by atoms with Gasteiger partial charge in [-0.3, -0.25) is 4.79 Å². The molecule has 1 unspecified atom stereocenters. The van der Waals surface area contributed by atoms with Crippen molar-refractivity contribution >= 4 is 28.2 Å². The number of halogens is 1. The minimum Gasteiger partial charge on any atom is -0.351 e. The number of sulfone groups is 1. The number of hydrogen-bond acceptors (Lipinski definition) is 4. The van der Waals surface area contributed by atoms with E-state index >= 15 is 0 Å². The van der Waals surface area contributed by atoms with Crippen molar-refractivity contribution < 1.29 is 13.2 Å². The van der Waals surface area contributed by atoms with Crippen molar-refractivity contribution in [2.24, 2.45) is 5.92 Å². The monoisotopic (exact) mass is 296 g/mol. The molecule has 1 amide bonds. The van der Waals surface area contributed by atoms with Crippen LogP contribution in [0.2, 0.25) is 0 Å². The fraction of sp³-hybridized carbons (Fsp3) is 0.909. The van der Waals surface area contributed by atoms with Gasteiger partial charge >= 0.3 is 0 Å². The highest BCUT2D eigenvalue weighted by atomic mass is 35.5. The van der Waals surface area contributed by atoms with Crippen molar-refractivity contribution in [3.8, 4) is 0 Å². The Labute approximate surface area is 114 Å². The molecule has 2 rings (SSSR count). The summed E-state index contributed by atoms with van der Waals surface area (Å²) in [6, 6.07) is -0.191. The fourth-order valence-corrected chi connectivity index (χ4v) is 3.76. The molecule has 5 nitrogen and oxygen atoms in total. The van der Waals surface area contributed by atoms with Crippen LogP contribution in [0.3, 0.4) is 0 Å². The third kappa shape index (κ3) is 5.54. The van der Waals surface area contributed by atoms with Gasteiger partial charge in [-0.25, -0.2) is 8.42 Å². The van der Waals surface area contributed by atoms with E-state index in [0.717, 1.165) is 18.9 Å². The second-order valence-corrected chi connectivity index (χ2v) is 7.32. The molecule has 0 aromatic heterocycles. The highest BCUT2D eigenvalue weighted by molar-refractivity contribution is 7.91. The van der Waals surface area contributed by atoms with E-state index < -0.39 is 9.84 Å². The summed E-state index contributed by atoms with van der Waals surface area (Å²) in [5.41, 5.74) is 0. The maximum absolute atomic E-state index is 11.6. The lowest BCUT2D eigenvalue weighted by atomic mass is 10.2. The van der Waals surface area contributed by atoms with Crippen molar-refractivity contribution in [3.63, 3.8) is 0 Å². The van der Waals surface area contributed by atoms with Crippen molar-refractivity contribution in [2.75, 3.05) is 24.6 Å². The molecule has 0 bridgehead atoms. The van der Waals surface area contributed by atoms with E-state index in [1.54, 1.807) is 0 Å². The second-order valence-electron chi connectivity index (χ2n) is 5.10. The average Bonchev–Trinajstić information content (AvgIpc) is 2.99. The van der Waals surface area contributed by atoms with E-state index in [1.165, 1.54) is 12.8 Å². The lowest BCUT2D eigenvalue weighted by molar-refractivity contribution is -0.120. The van der Waals surface area contributed by atoms with Gasteiger partial charge in [-0.2, -0.15) is 0 Å². The molecule has 0 radical (unpaired) electrons. The Balaban J connectivity index is 0.00000162. The lowest BCUT2D eigenvalue weighted by Crippen LogP contribution is -2.46. The second kappa shape index (κ2) is 6.73. The zero-order valence-electron chi connectivity index (χ0n) is 10.4. The molecule has 2 fully saturated rings. The first-order chi connectivity index (χ1) is 8.05. The van der Waals surface area contributed by atoms with Crippen LogP contribution >= 0.6 is 12.4 Å². The summed E-state index contributed by atoms with van der Waals surface area (Å²) < 4.78 is 22.8. The molecule has 18 heavy (non-hydrogen) atoms. The summed E-state index contributed by atoms with van der Waals surface area (Å²) in [6.07, 6.45) is 3.95. The van der Waals surface area contributed by atoms with Crippen LogP contribution in [0.15, 0.2) is 0 Å². The van der Waals surface area contributed by atoms with Crippen LogP contribution in [0, 0.1) is 5.92 Å². The summed E-state index contributed by atoms with van der Waals surface area (Å²) in [5, 5.41) is 5.88. The van der Waals surface area contributed by atoms with E-state index in [4.69, 9.17) is 0 Å². The molecular formula is C11H21ClN2O3S. The highest BCUT2D eigenvalue weighted by Crippen LogP contribution is 2.27. The molecule has 0 spiro atoms. The average molecular weight is 297 g/mol. The third-order valence-electron chi connectivity index (χ3n) is 3.24. The first-order valence-electron chi connectivity index (χ1n) is 6.26. The van der Waals surface area contributed by atoms with Crippen molar-refractivity contribution in [1.29, 1.82) is 0 Å². The maximum atomic E-state index is 11.6. The zero-order valence-corrected chi connectivity index (χ0v) is 12.0. The Morgan fingerprint density at radius 1 is 1.22 bits per heavy atom. The molecule has 7 heteroatoms. The van der Waals surface area contributed by atoms with Gasteiger partial charge in [-0.05, 0) is 38.1 Å². The molecule has 0 aromatic rings. The Morgan fingerprint density at radius 2 is 1.94 bits per heavy atom. The summed E-state index contributed by atoms with van der Waals surface area (Å²) in [7, 11) is -2.94. The molecule has 1 saturated carbocycles. The Kier molecular flexibility index (Phi) is 5.88. The van der Waals surface area contributed by atoms with Crippen LogP contribution in [0.4, 0.5) is 0 Å². The topological polar surface area (TPSA) is 75.3 Å². The van der Waals surface area contributed by atoms with Gasteiger partial charge in [0.15, 0.2) is 9.84 Å². The van der Waals surface area contributed by atoms with Gasteiger partial charge in [0.2, 0.25) is 5.91 Å². The Morgan fingerprint density at radius 3 is 2.56 bits per heavy atom. The van der Waals surface area contributed by atoms with Crippen molar-refractivity contribution in [3.05, 3.63) is 0 Å². The third-order valence-corrected chi connectivity index (χ3v) is 5.06. The molecule has 2 N–H and O–H groups in total. The molecule has 1 aliphatic heterocycles. The van der Waals surface area contributed by atoms with Crippen LogP contribution in [0.25, 0.3) is 0 Å². The SMILES string of the molecule is Cl.O=C(CNCC1CC1)NC1CCCS(=O)(=O)C1. The number of carbonyl (C=O) groups excluding carboxylic acids is 1. The van der Waals surface area contributed by atoms with Crippen LogP contribution in [0.5, 0.6) is 0 Å². The number of rotatable bonds is 5. The number of hydrogen-bond donors (Lipinski definition) is 2. The molecule has 1 saturated heterocycles. The molecule has 106 valence electrons. The van der Waals surface area contributed by atoms with Gasteiger partial charge in [0.25, 0.3) is 0 Å². The largest absolute Gasteiger partial charge is 0.351 e. The molecule has 2 aliphatic rings. The normalized spacial score (nSPS) is 26.1. The van der Waals surface area contributed by atoms with Crippen molar-refractivity contribution in [1.82, 2.24) is 10.6 Å². The maximum Gasteiger partial charge on any atom is 0.234 e. The molecule has 0 aromatic carbocycles.